The molecule has 1 N–H and O–H groups in total. The molecule has 1 aliphatic rings. The SMILES string of the molecule is CCn1nc(C)cc1CC1(C(=O)O)CCCCC1. The second-order valence-corrected chi connectivity index (χ2v) is 5.42. The number of nitrogens with zero attached hydrogens (tertiary/aromatic N) is 2. The van der Waals surface area contributed by atoms with Crippen LogP contribution >= 0.6 is 0 Å². The first kappa shape index (κ1) is 13.1. The van der Waals surface area contributed by atoms with Crippen LogP contribution in [0, 0.1) is 12.3 Å². The minimum Gasteiger partial charge on any atom is -0.481 e. The molecule has 0 bridgehead atoms. The molecule has 1 aromatic heterocycles. The lowest BCUT2D eigenvalue weighted by molar-refractivity contribution is -0.151. The summed E-state index contributed by atoms with van der Waals surface area (Å²) in [5.41, 5.74) is 1.49. The van der Waals surface area contributed by atoms with Crippen molar-refractivity contribution in [3.05, 3.63) is 17.5 Å². The lowest BCUT2D eigenvalue weighted by atomic mass is 9.71. The summed E-state index contributed by atoms with van der Waals surface area (Å²) >= 11 is 0. The zero-order valence-electron chi connectivity index (χ0n) is 11.3. The first-order valence-electron chi connectivity index (χ1n) is 6.84. The Bertz CT molecular complexity index is 431. The molecule has 1 heterocycles. The number of rotatable bonds is 4. The maximum atomic E-state index is 11.7. The Hall–Kier alpha value is -1.32. The van der Waals surface area contributed by atoms with E-state index in [1.54, 1.807) is 0 Å². The topological polar surface area (TPSA) is 55.1 Å². The van der Waals surface area contributed by atoms with E-state index < -0.39 is 11.4 Å². The fourth-order valence-electron chi connectivity index (χ4n) is 3.06. The van der Waals surface area contributed by atoms with Gasteiger partial charge in [-0.15, -0.1) is 0 Å². The molecule has 1 aromatic rings. The molecular formula is C14H22N2O2. The standard InChI is InChI=1S/C14H22N2O2/c1-3-16-12(9-11(2)15-16)10-14(13(17)18)7-5-4-6-8-14/h9H,3-8,10H2,1-2H3,(H,17,18). The lowest BCUT2D eigenvalue weighted by Crippen LogP contribution is -2.36. The highest BCUT2D eigenvalue weighted by Crippen LogP contribution is 2.39. The van der Waals surface area contributed by atoms with Crippen molar-refractivity contribution in [3.8, 4) is 0 Å². The molecule has 0 amide bonds. The van der Waals surface area contributed by atoms with Gasteiger partial charge in [0.05, 0.1) is 11.1 Å². The zero-order chi connectivity index (χ0) is 13.2. The summed E-state index contributed by atoms with van der Waals surface area (Å²) in [6.07, 6.45) is 5.46. The molecule has 1 fully saturated rings. The normalized spacial score (nSPS) is 18.8. The van der Waals surface area contributed by atoms with Gasteiger partial charge in [-0.1, -0.05) is 19.3 Å². The Balaban J connectivity index is 2.25. The van der Waals surface area contributed by atoms with Crippen molar-refractivity contribution < 1.29 is 9.90 Å². The Morgan fingerprint density at radius 1 is 1.44 bits per heavy atom. The molecule has 0 aliphatic heterocycles. The van der Waals surface area contributed by atoms with Crippen molar-refractivity contribution in [2.45, 2.75) is 58.9 Å². The maximum absolute atomic E-state index is 11.7. The van der Waals surface area contributed by atoms with E-state index in [0.717, 1.165) is 43.6 Å². The average Bonchev–Trinajstić information content (AvgIpc) is 2.70. The summed E-state index contributed by atoms with van der Waals surface area (Å²) in [5, 5.41) is 14.0. The smallest absolute Gasteiger partial charge is 0.310 e. The molecular weight excluding hydrogens is 228 g/mol. The number of aromatic nitrogens is 2. The van der Waals surface area contributed by atoms with Gasteiger partial charge in [0.15, 0.2) is 0 Å². The van der Waals surface area contributed by atoms with Gasteiger partial charge < -0.3 is 5.11 Å². The summed E-state index contributed by atoms with van der Waals surface area (Å²) in [4.78, 5) is 11.7. The molecule has 100 valence electrons. The monoisotopic (exact) mass is 250 g/mol. The van der Waals surface area contributed by atoms with Crippen LogP contribution in [0.25, 0.3) is 0 Å². The molecule has 4 nitrogen and oxygen atoms in total. The van der Waals surface area contributed by atoms with Crippen LogP contribution in [0.3, 0.4) is 0 Å². The summed E-state index contributed by atoms with van der Waals surface area (Å²) in [7, 11) is 0. The molecule has 4 heteroatoms. The van der Waals surface area contributed by atoms with Crippen LogP contribution in [0.4, 0.5) is 0 Å². The molecule has 18 heavy (non-hydrogen) atoms. The number of hydrogen-bond acceptors (Lipinski definition) is 2. The third-order valence-electron chi connectivity index (χ3n) is 4.07. The number of hydrogen-bond donors (Lipinski definition) is 1. The van der Waals surface area contributed by atoms with Gasteiger partial charge in [0.1, 0.15) is 0 Å². The lowest BCUT2D eigenvalue weighted by Gasteiger charge is -2.33. The minimum atomic E-state index is -0.635. The van der Waals surface area contributed by atoms with Gasteiger partial charge in [0, 0.05) is 18.7 Å². The van der Waals surface area contributed by atoms with Crippen LogP contribution < -0.4 is 0 Å². The fraction of sp³-hybridized carbons (Fsp3) is 0.714. The minimum absolute atomic E-state index is 0.558. The number of aliphatic carboxylic acids is 1. The number of aryl methyl sites for hydroxylation is 2. The first-order chi connectivity index (χ1) is 8.57. The Morgan fingerprint density at radius 3 is 2.67 bits per heavy atom. The van der Waals surface area contributed by atoms with E-state index in [0.29, 0.717) is 6.42 Å². The van der Waals surface area contributed by atoms with Crippen LogP contribution in [0.15, 0.2) is 6.07 Å². The van der Waals surface area contributed by atoms with Crippen molar-refractivity contribution in [1.29, 1.82) is 0 Å². The van der Waals surface area contributed by atoms with E-state index in [-0.39, 0.29) is 0 Å². The molecule has 0 saturated heterocycles. The predicted molar refractivity (Wildman–Crippen MR) is 69.5 cm³/mol. The predicted octanol–water partition coefficient (Wildman–Crippen LogP) is 2.79. The van der Waals surface area contributed by atoms with Crippen molar-refractivity contribution >= 4 is 5.97 Å². The highest BCUT2D eigenvalue weighted by Gasteiger charge is 2.40. The molecule has 0 aromatic carbocycles. The van der Waals surface area contributed by atoms with Crippen molar-refractivity contribution in [2.75, 3.05) is 0 Å². The van der Waals surface area contributed by atoms with Gasteiger partial charge in [-0.05, 0) is 32.8 Å². The van der Waals surface area contributed by atoms with E-state index in [1.807, 2.05) is 24.6 Å². The molecule has 0 radical (unpaired) electrons. The summed E-state index contributed by atoms with van der Waals surface area (Å²) in [6.45, 7) is 4.81. The Labute approximate surface area is 108 Å². The number of carbonyl (C=O) groups is 1. The molecule has 2 rings (SSSR count). The average molecular weight is 250 g/mol. The van der Waals surface area contributed by atoms with Crippen molar-refractivity contribution in [3.63, 3.8) is 0 Å². The number of carboxylic acids is 1. The first-order valence-corrected chi connectivity index (χ1v) is 6.84. The molecule has 0 atom stereocenters. The van der Waals surface area contributed by atoms with E-state index in [4.69, 9.17) is 0 Å². The second-order valence-electron chi connectivity index (χ2n) is 5.42. The highest BCUT2D eigenvalue weighted by molar-refractivity contribution is 5.75. The third-order valence-corrected chi connectivity index (χ3v) is 4.07. The van der Waals surface area contributed by atoms with Crippen LogP contribution in [-0.4, -0.2) is 20.9 Å². The second kappa shape index (κ2) is 5.12. The van der Waals surface area contributed by atoms with Crippen molar-refractivity contribution in [2.24, 2.45) is 5.41 Å². The Morgan fingerprint density at radius 2 is 2.11 bits per heavy atom. The molecule has 1 aliphatic carbocycles. The Kier molecular flexibility index (Phi) is 3.73. The molecule has 0 spiro atoms. The van der Waals surface area contributed by atoms with Gasteiger partial charge in [-0.3, -0.25) is 9.48 Å². The highest BCUT2D eigenvalue weighted by atomic mass is 16.4. The summed E-state index contributed by atoms with van der Waals surface area (Å²) in [5.74, 6) is -0.635. The summed E-state index contributed by atoms with van der Waals surface area (Å²) in [6, 6.07) is 2.03. The van der Waals surface area contributed by atoms with Gasteiger partial charge in [0.25, 0.3) is 0 Å². The van der Waals surface area contributed by atoms with E-state index in [1.165, 1.54) is 6.42 Å². The van der Waals surface area contributed by atoms with Crippen LogP contribution in [0.2, 0.25) is 0 Å². The third kappa shape index (κ3) is 2.42. The molecule has 0 unspecified atom stereocenters. The van der Waals surface area contributed by atoms with Gasteiger partial charge >= 0.3 is 5.97 Å². The van der Waals surface area contributed by atoms with Gasteiger partial charge in [0.2, 0.25) is 0 Å². The van der Waals surface area contributed by atoms with Crippen LogP contribution in [0.1, 0.15) is 50.4 Å². The van der Waals surface area contributed by atoms with Crippen LogP contribution in [0.5, 0.6) is 0 Å². The van der Waals surface area contributed by atoms with E-state index >= 15 is 0 Å². The van der Waals surface area contributed by atoms with E-state index in [2.05, 4.69) is 5.10 Å². The van der Waals surface area contributed by atoms with Gasteiger partial charge in [-0.25, -0.2) is 0 Å². The molecule has 1 saturated carbocycles. The van der Waals surface area contributed by atoms with E-state index in [9.17, 15) is 9.90 Å². The maximum Gasteiger partial charge on any atom is 0.310 e. The fourth-order valence-corrected chi connectivity index (χ4v) is 3.06. The van der Waals surface area contributed by atoms with Gasteiger partial charge in [-0.2, -0.15) is 5.10 Å². The van der Waals surface area contributed by atoms with Crippen molar-refractivity contribution in [1.82, 2.24) is 9.78 Å². The zero-order valence-corrected chi connectivity index (χ0v) is 11.3. The quantitative estimate of drug-likeness (QED) is 0.894. The number of carboxylic acid groups (broad SMARTS) is 1. The largest absolute Gasteiger partial charge is 0.481 e. The summed E-state index contributed by atoms with van der Waals surface area (Å²) < 4.78 is 1.94. The van der Waals surface area contributed by atoms with Crippen LogP contribution in [-0.2, 0) is 17.8 Å².